The Hall–Kier alpha value is -4.51. The predicted octanol–water partition coefficient (Wildman–Crippen LogP) is 5.82. The first kappa shape index (κ1) is 27.5. The van der Waals surface area contributed by atoms with Crippen molar-refractivity contribution < 1.29 is 40.2 Å². The van der Waals surface area contributed by atoms with E-state index in [1.807, 2.05) is 0 Å². The van der Waals surface area contributed by atoms with Crippen molar-refractivity contribution in [1.29, 1.82) is 0 Å². The SMILES string of the molecule is CC(=O)COc1ccc(C(=O)/C(=N/OS(=O)(=O)c2ccc(C(F)(F)F)cc2)c2ccccc2)c2ccccc12. The number of hydrogen-bond donors (Lipinski definition) is 0. The third kappa shape index (κ3) is 6.32. The van der Waals surface area contributed by atoms with Gasteiger partial charge in [-0.05, 0) is 48.7 Å². The van der Waals surface area contributed by atoms with E-state index >= 15 is 0 Å². The summed E-state index contributed by atoms with van der Waals surface area (Å²) in [6.45, 7) is 1.21. The van der Waals surface area contributed by atoms with Crippen molar-refractivity contribution in [2.24, 2.45) is 5.16 Å². The van der Waals surface area contributed by atoms with Gasteiger partial charge in [0.25, 0.3) is 0 Å². The number of halogens is 3. The van der Waals surface area contributed by atoms with E-state index in [1.54, 1.807) is 42.5 Å². The van der Waals surface area contributed by atoms with E-state index in [4.69, 9.17) is 9.02 Å². The van der Waals surface area contributed by atoms with Gasteiger partial charge in [0.15, 0.2) is 11.5 Å². The van der Waals surface area contributed by atoms with Crippen molar-refractivity contribution in [3.8, 4) is 5.75 Å². The molecule has 0 heterocycles. The fourth-order valence-electron chi connectivity index (χ4n) is 3.66. The third-order valence-electron chi connectivity index (χ3n) is 5.52. The minimum atomic E-state index is -4.67. The van der Waals surface area contributed by atoms with Crippen LogP contribution in [0.25, 0.3) is 10.8 Å². The van der Waals surface area contributed by atoms with E-state index in [0.29, 0.717) is 28.7 Å². The molecule has 0 aliphatic carbocycles. The number of hydrogen-bond acceptors (Lipinski definition) is 7. The van der Waals surface area contributed by atoms with E-state index in [0.717, 1.165) is 12.1 Å². The lowest BCUT2D eigenvalue weighted by atomic mass is 9.95. The maximum absolute atomic E-state index is 13.7. The number of carbonyl (C=O) groups excluding carboxylic acids is 2. The molecule has 0 atom stereocenters. The normalized spacial score (nSPS) is 12.3. The maximum Gasteiger partial charge on any atom is 0.416 e. The summed E-state index contributed by atoms with van der Waals surface area (Å²) in [6.07, 6.45) is -4.65. The monoisotopic (exact) mass is 555 g/mol. The topological polar surface area (TPSA) is 99.1 Å². The molecular formula is C28H20F3NO6S. The second-order valence-electron chi connectivity index (χ2n) is 8.33. The number of carbonyl (C=O) groups is 2. The van der Waals surface area contributed by atoms with Gasteiger partial charge in [-0.15, -0.1) is 0 Å². The number of rotatable bonds is 9. The number of fused-ring (bicyclic) bond motifs is 1. The number of Topliss-reactive ketones (excluding diaryl/α,β-unsaturated/α-hetero) is 2. The Labute approximate surface area is 221 Å². The Balaban J connectivity index is 1.74. The zero-order valence-electron chi connectivity index (χ0n) is 20.3. The van der Waals surface area contributed by atoms with Crippen LogP contribution in [-0.4, -0.2) is 32.3 Å². The molecule has 0 bridgehead atoms. The van der Waals surface area contributed by atoms with Crippen LogP contribution < -0.4 is 4.74 Å². The number of benzene rings is 4. The van der Waals surface area contributed by atoms with Crippen LogP contribution in [0.2, 0.25) is 0 Å². The molecule has 4 aromatic rings. The van der Waals surface area contributed by atoms with Crippen molar-refractivity contribution >= 4 is 38.2 Å². The van der Waals surface area contributed by atoms with E-state index in [-0.39, 0.29) is 29.2 Å². The Bertz CT molecular complexity index is 1670. The average molecular weight is 556 g/mol. The zero-order valence-corrected chi connectivity index (χ0v) is 21.1. The van der Waals surface area contributed by atoms with Crippen molar-refractivity contribution in [3.63, 3.8) is 0 Å². The van der Waals surface area contributed by atoms with Crippen LogP contribution in [0.3, 0.4) is 0 Å². The maximum atomic E-state index is 13.7. The van der Waals surface area contributed by atoms with E-state index < -0.39 is 32.5 Å². The van der Waals surface area contributed by atoms with Gasteiger partial charge in [0.05, 0.1) is 5.56 Å². The van der Waals surface area contributed by atoms with Gasteiger partial charge in [-0.1, -0.05) is 59.8 Å². The second kappa shape index (κ2) is 11.1. The van der Waals surface area contributed by atoms with Gasteiger partial charge in [-0.2, -0.15) is 21.6 Å². The molecular weight excluding hydrogens is 535 g/mol. The number of nitrogens with zero attached hydrogens (tertiary/aromatic N) is 1. The standard InChI is InChI=1S/C28H20F3NO6S/c1-18(33)17-37-25-16-15-24(22-9-5-6-10-23(22)25)27(34)26(19-7-3-2-4-8-19)32-38-39(35,36)21-13-11-20(12-14-21)28(29,30)31/h2-16H,17H2,1H3/b32-26+. The predicted molar refractivity (Wildman–Crippen MR) is 137 cm³/mol. The van der Waals surface area contributed by atoms with Crippen LogP contribution in [0.1, 0.15) is 28.4 Å². The molecule has 4 aromatic carbocycles. The second-order valence-corrected chi connectivity index (χ2v) is 9.86. The Morgan fingerprint density at radius 3 is 2.05 bits per heavy atom. The fraction of sp³-hybridized carbons (Fsp3) is 0.107. The van der Waals surface area contributed by atoms with Gasteiger partial charge in [0.2, 0.25) is 5.78 Å². The lowest BCUT2D eigenvalue weighted by Crippen LogP contribution is -2.18. The smallest absolute Gasteiger partial charge is 0.416 e. The van der Waals surface area contributed by atoms with E-state index in [9.17, 15) is 31.2 Å². The van der Waals surface area contributed by atoms with Crippen molar-refractivity contribution in [1.82, 2.24) is 0 Å². The van der Waals surface area contributed by atoms with Crippen molar-refractivity contribution in [2.75, 3.05) is 6.61 Å². The molecule has 11 heteroatoms. The Morgan fingerprint density at radius 1 is 0.821 bits per heavy atom. The Kier molecular flexibility index (Phi) is 7.82. The molecule has 0 unspecified atom stereocenters. The summed E-state index contributed by atoms with van der Waals surface area (Å²) in [7, 11) is -4.67. The molecule has 0 aromatic heterocycles. The lowest BCUT2D eigenvalue weighted by Gasteiger charge is -2.12. The van der Waals surface area contributed by atoms with Crippen molar-refractivity contribution in [2.45, 2.75) is 18.0 Å². The highest BCUT2D eigenvalue weighted by Gasteiger charge is 2.31. The number of alkyl halides is 3. The molecule has 4 rings (SSSR count). The first-order valence-corrected chi connectivity index (χ1v) is 12.8. The molecule has 0 radical (unpaired) electrons. The number of oxime groups is 1. The molecule has 0 aliphatic heterocycles. The number of ether oxygens (including phenoxy) is 1. The zero-order chi connectivity index (χ0) is 28.2. The molecule has 0 N–H and O–H groups in total. The lowest BCUT2D eigenvalue weighted by molar-refractivity contribution is -0.137. The summed E-state index contributed by atoms with van der Waals surface area (Å²) in [5.41, 5.74) is -0.994. The average Bonchev–Trinajstić information content (AvgIpc) is 2.91. The van der Waals surface area contributed by atoms with E-state index in [2.05, 4.69) is 5.16 Å². The molecule has 0 spiro atoms. The van der Waals surface area contributed by atoms with Crippen LogP contribution in [0.5, 0.6) is 5.75 Å². The van der Waals surface area contributed by atoms with Crippen LogP contribution in [0.15, 0.2) is 101 Å². The molecule has 0 saturated heterocycles. The molecule has 0 saturated carbocycles. The van der Waals surface area contributed by atoms with Crippen LogP contribution in [0, 0.1) is 0 Å². The minimum absolute atomic E-state index is 0.152. The third-order valence-corrected chi connectivity index (χ3v) is 6.64. The quantitative estimate of drug-likeness (QED) is 0.147. The highest BCUT2D eigenvalue weighted by molar-refractivity contribution is 7.86. The Morgan fingerprint density at radius 2 is 1.44 bits per heavy atom. The molecule has 0 aliphatic rings. The van der Waals surface area contributed by atoms with Gasteiger partial charge >= 0.3 is 16.3 Å². The fourth-order valence-corrected chi connectivity index (χ4v) is 4.39. The summed E-state index contributed by atoms with van der Waals surface area (Å²) >= 11 is 0. The highest BCUT2D eigenvalue weighted by atomic mass is 32.2. The first-order valence-electron chi connectivity index (χ1n) is 11.4. The van der Waals surface area contributed by atoms with Gasteiger partial charge in [0.1, 0.15) is 17.3 Å². The van der Waals surface area contributed by atoms with Crippen LogP contribution in [-0.2, 0) is 25.4 Å². The van der Waals surface area contributed by atoms with Crippen LogP contribution >= 0.6 is 0 Å². The van der Waals surface area contributed by atoms with Gasteiger partial charge in [0, 0.05) is 16.5 Å². The molecule has 200 valence electrons. The van der Waals surface area contributed by atoms with Crippen molar-refractivity contribution in [3.05, 3.63) is 108 Å². The minimum Gasteiger partial charge on any atom is -0.485 e. The number of ketones is 2. The molecule has 0 fully saturated rings. The van der Waals surface area contributed by atoms with Gasteiger partial charge in [-0.3, -0.25) is 13.9 Å². The molecule has 0 amide bonds. The summed E-state index contributed by atoms with van der Waals surface area (Å²) in [5, 5.41) is 4.65. The van der Waals surface area contributed by atoms with Crippen LogP contribution in [0.4, 0.5) is 13.2 Å². The molecule has 7 nitrogen and oxygen atoms in total. The summed E-state index contributed by atoms with van der Waals surface area (Å²) in [6, 6.07) is 20.4. The first-order chi connectivity index (χ1) is 18.5. The summed E-state index contributed by atoms with van der Waals surface area (Å²) in [4.78, 5) is 24.5. The highest BCUT2D eigenvalue weighted by Crippen LogP contribution is 2.31. The van der Waals surface area contributed by atoms with Gasteiger partial charge < -0.3 is 4.74 Å². The van der Waals surface area contributed by atoms with E-state index in [1.165, 1.54) is 31.2 Å². The largest absolute Gasteiger partial charge is 0.485 e. The summed E-state index contributed by atoms with van der Waals surface area (Å²) < 4.78 is 74.4. The summed E-state index contributed by atoms with van der Waals surface area (Å²) in [5.74, 6) is -0.501. The van der Waals surface area contributed by atoms with Gasteiger partial charge in [-0.25, -0.2) is 0 Å². The molecule has 39 heavy (non-hydrogen) atoms.